The Balaban J connectivity index is 2.06. The minimum atomic E-state index is -3.66. The molecule has 148 valence electrons. The summed E-state index contributed by atoms with van der Waals surface area (Å²) in [5.41, 5.74) is 2.60. The molecule has 3 aromatic rings. The van der Waals surface area contributed by atoms with Gasteiger partial charge in [0.05, 0.1) is 16.1 Å². The second-order valence-electron chi connectivity index (χ2n) is 6.48. The van der Waals surface area contributed by atoms with Crippen LogP contribution >= 0.6 is 11.8 Å². The van der Waals surface area contributed by atoms with Gasteiger partial charge >= 0.3 is 10.2 Å². The van der Waals surface area contributed by atoms with E-state index in [1.54, 1.807) is 33.0 Å². The first kappa shape index (κ1) is 20.4. The molecule has 0 fully saturated rings. The van der Waals surface area contributed by atoms with E-state index in [-0.39, 0.29) is 5.75 Å². The molecule has 1 heterocycles. The maximum Gasteiger partial charge on any atom is 0.301 e. The van der Waals surface area contributed by atoms with Crippen LogP contribution in [0.1, 0.15) is 18.1 Å². The number of nitrogens with zero attached hydrogens (tertiary/aromatic N) is 2. The van der Waals surface area contributed by atoms with Gasteiger partial charge in [-0.3, -0.25) is 9.71 Å². The Bertz CT molecular complexity index is 1130. The number of rotatable bonds is 6. The lowest BCUT2D eigenvalue weighted by Gasteiger charge is -2.20. The molecule has 0 radical (unpaired) electrons. The molecule has 0 atom stereocenters. The van der Waals surface area contributed by atoms with E-state index >= 15 is 0 Å². The summed E-state index contributed by atoms with van der Waals surface area (Å²) in [6.07, 6.45) is 1.73. The number of anilines is 1. The predicted octanol–water partition coefficient (Wildman–Crippen LogP) is 4.32. The lowest BCUT2D eigenvalue weighted by atomic mass is 10.1. The number of hydrogen-bond acceptors (Lipinski definition) is 5. The van der Waals surface area contributed by atoms with Crippen molar-refractivity contribution < 1.29 is 13.5 Å². The van der Waals surface area contributed by atoms with Gasteiger partial charge in [0, 0.05) is 30.1 Å². The molecule has 0 saturated heterocycles. The van der Waals surface area contributed by atoms with E-state index in [1.807, 2.05) is 30.3 Å². The summed E-state index contributed by atoms with van der Waals surface area (Å²) in [5.74, 6) is 0.141. The molecular weight excluding hydrogens is 394 g/mol. The molecule has 3 rings (SSSR count). The average Bonchev–Trinajstić information content (AvgIpc) is 2.69. The maximum atomic E-state index is 12.5. The smallest absolute Gasteiger partial charge is 0.301 e. The molecule has 6 nitrogen and oxygen atoms in total. The molecule has 1 aromatic heterocycles. The number of aromatic nitrogens is 1. The van der Waals surface area contributed by atoms with Crippen LogP contribution in [-0.4, -0.2) is 36.4 Å². The number of para-hydroxylation sites is 1. The van der Waals surface area contributed by atoms with Crippen LogP contribution in [-0.2, 0) is 10.2 Å². The zero-order valence-electron chi connectivity index (χ0n) is 16.2. The SMILES string of the molecule is CCN(C)S(=O)(=O)Nc1cc(Sc2cccc3cccnc23)c(O)c(C)c1C. The van der Waals surface area contributed by atoms with Gasteiger partial charge in [-0.2, -0.15) is 12.7 Å². The largest absolute Gasteiger partial charge is 0.506 e. The number of aromatic hydroxyl groups is 1. The Morgan fingerprint density at radius 3 is 2.57 bits per heavy atom. The highest BCUT2D eigenvalue weighted by Crippen LogP contribution is 2.42. The Morgan fingerprint density at radius 1 is 1.14 bits per heavy atom. The summed E-state index contributed by atoms with van der Waals surface area (Å²) in [4.78, 5) is 5.90. The standard InChI is InChI=1S/C20H23N3O3S2/c1-5-23(4)28(25,26)22-16-12-18(20(24)14(3)13(16)2)27-17-10-6-8-15-9-7-11-21-19(15)17/h6-12,22,24H,5H2,1-4H3. The van der Waals surface area contributed by atoms with Crippen LogP contribution < -0.4 is 4.72 Å². The first-order chi connectivity index (χ1) is 13.2. The van der Waals surface area contributed by atoms with E-state index in [0.29, 0.717) is 28.3 Å². The zero-order chi connectivity index (χ0) is 20.5. The number of phenolic OH excluding ortho intramolecular Hbond substituents is 1. The topological polar surface area (TPSA) is 82.5 Å². The van der Waals surface area contributed by atoms with Gasteiger partial charge in [0.15, 0.2) is 0 Å². The minimum absolute atomic E-state index is 0.141. The monoisotopic (exact) mass is 417 g/mol. The third-order valence-corrected chi connectivity index (χ3v) is 7.38. The van der Waals surface area contributed by atoms with Crippen molar-refractivity contribution in [2.24, 2.45) is 0 Å². The molecule has 0 amide bonds. The summed E-state index contributed by atoms with van der Waals surface area (Å²) < 4.78 is 28.8. The fourth-order valence-electron chi connectivity index (χ4n) is 2.72. The molecule has 0 spiro atoms. The van der Waals surface area contributed by atoms with E-state index in [4.69, 9.17) is 0 Å². The number of benzene rings is 2. The second-order valence-corrected chi connectivity index (χ2v) is 9.34. The van der Waals surface area contributed by atoms with Crippen LogP contribution in [0.25, 0.3) is 10.9 Å². The van der Waals surface area contributed by atoms with Crippen molar-refractivity contribution >= 4 is 38.6 Å². The molecule has 0 aliphatic carbocycles. The van der Waals surface area contributed by atoms with Crippen LogP contribution in [0.2, 0.25) is 0 Å². The summed E-state index contributed by atoms with van der Waals surface area (Å²) >= 11 is 1.36. The highest BCUT2D eigenvalue weighted by molar-refractivity contribution is 7.99. The molecule has 0 aliphatic rings. The van der Waals surface area contributed by atoms with Gasteiger partial charge in [0.2, 0.25) is 0 Å². The van der Waals surface area contributed by atoms with Gasteiger partial charge in [-0.1, -0.05) is 36.9 Å². The van der Waals surface area contributed by atoms with Crippen LogP contribution in [0.15, 0.2) is 52.4 Å². The summed E-state index contributed by atoms with van der Waals surface area (Å²) in [7, 11) is -2.14. The van der Waals surface area contributed by atoms with E-state index in [9.17, 15) is 13.5 Å². The van der Waals surface area contributed by atoms with Crippen molar-refractivity contribution in [2.75, 3.05) is 18.3 Å². The van der Waals surface area contributed by atoms with Crippen LogP contribution in [0.3, 0.4) is 0 Å². The van der Waals surface area contributed by atoms with Crippen molar-refractivity contribution in [1.82, 2.24) is 9.29 Å². The third kappa shape index (κ3) is 3.94. The molecule has 2 aromatic carbocycles. The molecule has 0 bridgehead atoms. The van der Waals surface area contributed by atoms with Crippen molar-refractivity contribution in [2.45, 2.75) is 30.6 Å². The summed E-state index contributed by atoms with van der Waals surface area (Å²) in [6.45, 7) is 5.68. The number of pyridine rings is 1. The van der Waals surface area contributed by atoms with Crippen molar-refractivity contribution in [3.05, 3.63) is 53.7 Å². The van der Waals surface area contributed by atoms with Crippen molar-refractivity contribution in [1.29, 1.82) is 0 Å². The molecule has 28 heavy (non-hydrogen) atoms. The molecule has 8 heteroatoms. The lowest BCUT2D eigenvalue weighted by molar-refractivity contribution is 0.457. The van der Waals surface area contributed by atoms with E-state index in [1.165, 1.54) is 23.1 Å². The molecular formula is C20H23N3O3S2. The first-order valence-electron chi connectivity index (χ1n) is 8.83. The Labute approximate surface area is 169 Å². The quantitative estimate of drug-likeness (QED) is 0.584. The van der Waals surface area contributed by atoms with Crippen LogP contribution in [0.4, 0.5) is 5.69 Å². The molecule has 2 N–H and O–H groups in total. The van der Waals surface area contributed by atoms with Gasteiger partial charge < -0.3 is 5.11 Å². The van der Waals surface area contributed by atoms with E-state index in [2.05, 4.69) is 9.71 Å². The lowest BCUT2D eigenvalue weighted by Crippen LogP contribution is -2.32. The first-order valence-corrected chi connectivity index (χ1v) is 11.1. The summed E-state index contributed by atoms with van der Waals surface area (Å²) in [6, 6.07) is 11.4. The summed E-state index contributed by atoms with van der Waals surface area (Å²) in [5, 5.41) is 11.7. The van der Waals surface area contributed by atoms with E-state index < -0.39 is 10.2 Å². The fraction of sp³-hybridized carbons (Fsp3) is 0.250. The van der Waals surface area contributed by atoms with Crippen molar-refractivity contribution in [3.8, 4) is 5.75 Å². The maximum absolute atomic E-state index is 12.5. The molecule has 0 aliphatic heterocycles. The number of hydrogen-bond donors (Lipinski definition) is 2. The van der Waals surface area contributed by atoms with Gasteiger partial charge in [-0.05, 0) is 43.2 Å². The Kier molecular flexibility index (Phi) is 5.83. The second kappa shape index (κ2) is 7.98. The molecule has 0 unspecified atom stereocenters. The predicted molar refractivity (Wildman–Crippen MR) is 114 cm³/mol. The molecule has 0 saturated carbocycles. The third-order valence-electron chi connectivity index (χ3n) is 4.74. The number of fused-ring (bicyclic) bond motifs is 1. The van der Waals surface area contributed by atoms with Gasteiger partial charge in [0.1, 0.15) is 5.75 Å². The normalized spacial score (nSPS) is 11.9. The highest BCUT2D eigenvalue weighted by Gasteiger charge is 2.20. The Hall–Kier alpha value is -2.29. The van der Waals surface area contributed by atoms with Gasteiger partial charge in [-0.15, -0.1) is 0 Å². The van der Waals surface area contributed by atoms with Crippen LogP contribution in [0, 0.1) is 13.8 Å². The zero-order valence-corrected chi connectivity index (χ0v) is 17.9. The van der Waals surface area contributed by atoms with Gasteiger partial charge in [-0.25, -0.2) is 0 Å². The highest BCUT2D eigenvalue weighted by atomic mass is 32.2. The number of phenols is 1. The average molecular weight is 418 g/mol. The minimum Gasteiger partial charge on any atom is -0.506 e. The van der Waals surface area contributed by atoms with Gasteiger partial charge in [0.25, 0.3) is 0 Å². The fourth-order valence-corrected chi connectivity index (χ4v) is 4.78. The number of nitrogens with one attached hydrogen (secondary N) is 1. The Morgan fingerprint density at radius 2 is 1.86 bits per heavy atom. The van der Waals surface area contributed by atoms with Crippen LogP contribution in [0.5, 0.6) is 5.75 Å². The van der Waals surface area contributed by atoms with E-state index in [0.717, 1.165) is 15.8 Å². The van der Waals surface area contributed by atoms with Crippen molar-refractivity contribution in [3.63, 3.8) is 0 Å².